The van der Waals surface area contributed by atoms with Crippen LogP contribution in [0.3, 0.4) is 0 Å². The second kappa shape index (κ2) is 13.8. The standard InChI is InChI=1S/C35H44Cl2FN5O5/c1-20(36)39-15-8-25(38)28-29(31(45)41-23-5-7-27(48-19-23)30(44)40-22-9-16-47-17-10-22)43-34(13-11-33(2,3)12-14-34)35(28)24-6-4-21(37)18-26(24)42-32(35)46/h4,6,8,15,18,22-23,27-29,43H,1,5,7,9-14,16-17,19H2,2-3H3,(H,40,44)(H,41,45)(H,42,46)/b25-8-,39-15-/t23-,27+,28+,29-,35-/m1/s1. The molecule has 5 aliphatic rings. The number of allylic oxidation sites excluding steroid dienone is 1. The fourth-order valence-electron chi connectivity index (χ4n) is 8.40. The van der Waals surface area contributed by atoms with Crippen LogP contribution in [-0.4, -0.2) is 73.5 Å². The lowest BCUT2D eigenvalue weighted by Gasteiger charge is -2.50. The van der Waals surface area contributed by atoms with Gasteiger partial charge in [-0.05, 0) is 80.6 Å². The van der Waals surface area contributed by atoms with E-state index in [1.54, 1.807) is 18.2 Å². The molecule has 0 aromatic heterocycles. The molecule has 5 atom stereocenters. The van der Waals surface area contributed by atoms with Gasteiger partial charge in [0.1, 0.15) is 22.5 Å². The Morgan fingerprint density at radius 3 is 2.44 bits per heavy atom. The van der Waals surface area contributed by atoms with E-state index in [9.17, 15) is 14.4 Å². The molecule has 4 fully saturated rings. The Labute approximate surface area is 290 Å². The van der Waals surface area contributed by atoms with Gasteiger partial charge in [0.2, 0.25) is 17.7 Å². The van der Waals surface area contributed by atoms with Crippen molar-refractivity contribution >= 4 is 52.8 Å². The topological polar surface area (TPSA) is 130 Å². The van der Waals surface area contributed by atoms with Crippen LogP contribution in [0.5, 0.6) is 0 Å². The predicted molar refractivity (Wildman–Crippen MR) is 183 cm³/mol. The van der Waals surface area contributed by atoms with Crippen LogP contribution in [0.2, 0.25) is 5.02 Å². The summed E-state index contributed by atoms with van der Waals surface area (Å²) in [7, 11) is 0. The van der Waals surface area contributed by atoms with Crippen molar-refractivity contribution in [2.24, 2.45) is 16.3 Å². The van der Waals surface area contributed by atoms with Crippen molar-refractivity contribution in [3.63, 3.8) is 0 Å². The number of amides is 3. The van der Waals surface area contributed by atoms with Crippen LogP contribution in [0.15, 0.2) is 46.8 Å². The molecule has 0 bridgehead atoms. The summed E-state index contributed by atoms with van der Waals surface area (Å²) in [5.41, 5.74) is -1.28. The summed E-state index contributed by atoms with van der Waals surface area (Å²) in [5, 5.41) is 13.1. The van der Waals surface area contributed by atoms with E-state index in [0.29, 0.717) is 55.2 Å². The number of benzene rings is 1. The highest BCUT2D eigenvalue weighted by Crippen LogP contribution is 2.62. The van der Waals surface area contributed by atoms with E-state index in [1.807, 2.05) is 0 Å². The molecule has 6 rings (SSSR count). The van der Waals surface area contributed by atoms with E-state index in [2.05, 4.69) is 46.7 Å². The molecule has 1 saturated carbocycles. The second-order valence-corrected chi connectivity index (χ2v) is 15.4. The van der Waals surface area contributed by atoms with Crippen LogP contribution in [0.4, 0.5) is 10.1 Å². The molecule has 4 N–H and O–H groups in total. The monoisotopic (exact) mass is 703 g/mol. The number of rotatable bonds is 7. The van der Waals surface area contributed by atoms with E-state index in [-0.39, 0.29) is 35.0 Å². The molecule has 0 unspecified atom stereocenters. The van der Waals surface area contributed by atoms with Gasteiger partial charge in [-0.25, -0.2) is 9.38 Å². The molecular formula is C35H44Cl2FN5O5. The van der Waals surface area contributed by atoms with E-state index in [1.165, 1.54) is 6.21 Å². The van der Waals surface area contributed by atoms with Gasteiger partial charge in [-0.2, -0.15) is 0 Å². The van der Waals surface area contributed by atoms with Gasteiger partial charge in [0.05, 0.1) is 24.6 Å². The second-order valence-electron chi connectivity index (χ2n) is 14.5. The first-order valence-electron chi connectivity index (χ1n) is 16.8. The number of halogens is 3. The lowest BCUT2D eigenvalue weighted by atomic mass is 9.54. The van der Waals surface area contributed by atoms with Crippen LogP contribution in [0.25, 0.3) is 0 Å². The summed E-state index contributed by atoms with van der Waals surface area (Å²) in [6, 6.07) is 3.69. The van der Waals surface area contributed by atoms with Crippen molar-refractivity contribution in [2.45, 2.75) is 100 Å². The molecule has 4 aliphatic heterocycles. The Hall–Kier alpha value is -2.83. The van der Waals surface area contributed by atoms with Gasteiger partial charge < -0.3 is 25.4 Å². The number of aliphatic imine (C=N–C) groups is 1. The zero-order chi connectivity index (χ0) is 34.3. The normalized spacial score (nSPS) is 31.5. The number of nitrogens with one attached hydrogen (secondary N) is 4. The lowest BCUT2D eigenvalue weighted by molar-refractivity contribution is -0.138. The van der Waals surface area contributed by atoms with E-state index >= 15 is 4.39 Å². The van der Waals surface area contributed by atoms with E-state index < -0.39 is 46.8 Å². The maximum atomic E-state index is 16.8. The number of ether oxygens (including phenoxy) is 2. The molecule has 3 amide bonds. The molecule has 3 saturated heterocycles. The predicted octanol–water partition coefficient (Wildman–Crippen LogP) is 5.05. The van der Waals surface area contributed by atoms with Crippen LogP contribution in [0.1, 0.15) is 70.8 Å². The first kappa shape index (κ1) is 35.0. The average molecular weight is 705 g/mol. The van der Waals surface area contributed by atoms with Gasteiger partial charge in [-0.15, -0.1) is 0 Å². The molecule has 13 heteroatoms. The van der Waals surface area contributed by atoms with Crippen molar-refractivity contribution in [1.29, 1.82) is 0 Å². The third-order valence-corrected chi connectivity index (χ3v) is 11.3. The third-order valence-electron chi connectivity index (χ3n) is 11.0. The van der Waals surface area contributed by atoms with Gasteiger partial charge >= 0.3 is 0 Å². The van der Waals surface area contributed by atoms with Crippen LogP contribution >= 0.6 is 23.2 Å². The summed E-state index contributed by atoms with van der Waals surface area (Å²) in [5.74, 6) is -2.90. The molecule has 1 aromatic carbocycles. The maximum Gasteiger partial charge on any atom is 0.249 e. The van der Waals surface area contributed by atoms with Crippen molar-refractivity contribution in [3.8, 4) is 0 Å². The third kappa shape index (κ3) is 6.56. The Balaban J connectivity index is 1.29. The number of carbonyl (C=O) groups is 3. The fourth-order valence-corrected chi connectivity index (χ4v) is 8.63. The van der Waals surface area contributed by atoms with Gasteiger partial charge in [0.15, 0.2) is 0 Å². The van der Waals surface area contributed by atoms with Gasteiger partial charge in [-0.1, -0.05) is 49.7 Å². The fraction of sp³-hybridized carbons (Fsp3) is 0.600. The minimum Gasteiger partial charge on any atom is -0.381 e. The molecule has 48 heavy (non-hydrogen) atoms. The minimum absolute atomic E-state index is 0.0106. The molecule has 1 aromatic rings. The summed E-state index contributed by atoms with van der Waals surface area (Å²) in [4.78, 5) is 45.5. The molecule has 10 nitrogen and oxygen atoms in total. The number of hydrogen-bond acceptors (Lipinski definition) is 7. The Kier molecular flexibility index (Phi) is 10.1. The van der Waals surface area contributed by atoms with E-state index in [0.717, 1.165) is 31.8 Å². The van der Waals surface area contributed by atoms with Crippen LogP contribution in [-0.2, 0) is 29.3 Å². The molecule has 260 valence electrons. The minimum atomic E-state index is -1.46. The van der Waals surface area contributed by atoms with Gasteiger partial charge in [0, 0.05) is 41.7 Å². The van der Waals surface area contributed by atoms with Crippen molar-refractivity contribution in [1.82, 2.24) is 16.0 Å². The van der Waals surface area contributed by atoms with Crippen LogP contribution in [0, 0.1) is 11.3 Å². The average Bonchev–Trinajstić information content (AvgIpc) is 3.51. The zero-order valence-electron chi connectivity index (χ0n) is 27.4. The molecule has 1 aliphatic carbocycles. The highest BCUT2D eigenvalue weighted by molar-refractivity contribution is 6.31. The number of hydrogen-bond donors (Lipinski definition) is 4. The zero-order valence-corrected chi connectivity index (χ0v) is 28.9. The number of carbonyl (C=O) groups excluding carboxylic acids is 3. The Bertz CT molecular complexity index is 1510. The van der Waals surface area contributed by atoms with Gasteiger partial charge in [0.25, 0.3) is 0 Å². The van der Waals surface area contributed by atoms with Crippen molar-refractivity contribution < 1.29 is 28.2 Å². The Morgan fingerprint density at radius 2 is 1.77 bits per heavy atom. The molecule has 2 spiro atoms. The number of anilines is 1. The lowest BCUT2D eigenvalue weighted by Crippen LogP contribution is -2.62. The van der Waals surface area contributed by atoms with Crippen molar-refractivity contribution in [3.05, 3.63) is 52.4 Å². The summed E-state index contributed by atoms with van der Waals surface area (Å²) in [6.45, 7) is 9.26. The first-order chi connectivity index (χ1) is 22.8. The van der Waals surface area contributed by atoms with E-state index in [4.69, 9.17) is 32.7 Å². The SMILES string of the molecule is C=C(Cl)/N=C\C=C(/F)[C@H]1[C@H](C(=O)N[C@@H]2CC[C@@H](C(=O)NC3CCOCC3)OC2)NC2(CCC(C)(C)CC2)[C@@]12C(=O)Nc1cc(Cl)ccc12. The van der Waals surface area contributed by atoms with Crippen LogP contribution < -0.4 is 21.3 Å². The number of nitrogens with zero attached hydrogens (tertiary/aromatic N) is 1. The highest BCUT2D eigenvalue weighted by atomic mass is 35.5. The summed E-state index contributed by atoms with van der Waals surface area (Å²) in [6.07, 6.45) is 6.82. The first-order valence-corrected chi connectivity index (χ1v) is 17.5. The maximum absolute atomic E-state index is 16.8. The number of fused-ring (bicyclic) bond motifs is 3. The quantitative estimate of drug-likeness (QED) is 0.232. The Morgan fingerprint density at radius 1 is 1.06 bits per heavy atom. The van der Waals surface area contributed by atoms with Crippen molar-refractivity contribution in [2.75, 3.05) is 25.1 Å². The molecule has 0 radical (unpaired) electrons. The largest absolute Gasteiger partial charge is 0.381 e. The molecular weight excluding hydrogens is 660 g/mol. The highest BCUT2D eigenvalue weighted by Gasteiger charge is 2.73. The summed E-state index contributed by atoms with van der Waals surface area (Å²) < 4.78 is 28.1. The van der Waals surface area contributed by atoms with Gasteiger partial charge in [-0.3, -0.25) is 19.7 Å². The molecule has 4 heterocycles. The summed E-state index contributed by atoms with van der Waals surface area (Å²) >= 11 is 12.2. The smallest absolute Gasteiger partial charge is 0.249 e.